The first kappa shape index (κ1) is 11.5. The van der Waals surface area contributed by atoms with E-state index in [2.05, 4.69) is 25.9 Å². The summed E-state index contributed by atoms with van der Waals surface area (Å²) >= 11 is 9.31. The third kappa shape index (κ3) is 2.08. The molecule has 0 aliphatic carbocycles. The highest BCUT2D eigenvalue weighted by Gasteiger charge is 2.12. The number of rotatable bonds is 2. The van der Waals surface area contributed by atoms with Crippen LogP contribution in [0, 0.1) is 6.92 Å². The van der Waals surface area contributed by atoms with Gasteiger partial charge in [-0.15, -0.1) is 0 Å². The largest absolute Gasteiger partial charge is 0.496 e. The molecule has 1 aromatic carbocycles. The molecule has 5 heteroatoms. The van der Waals surface area contributed by atoms with Crippen LogP contribution < -0.4 is 4.74 Å². The van der Waals surface area contributed by atoms with Gasteiger partial charge in [0.2, 0.25) is 0 Å². The van der Waals surface area contributed by atoms with Crippen LogP contribution in [0.3, 0.4) is 0 Å². The summed E-state index contributed by atoms with van der Waals surface area (Å²) in [6.07, 6.45) is 1.73. The van der Waals surface area contributed by atoms with Gasteiger partial charge in [-0.05, 0) is 40.5 Å². The molecular weight excluding hydrogens is 291 g/mol. The molecule has 0 bridgehead atoms. The number of nitrogens with one attached hydrogen (secondary N) is 1. The van der Waals surface area contributed by atoms with Crippen molar-refractivity contribution in [3.8, 4) is 17.0 Å². The second-order valence-electron chi connectivity index (χ2n) is 3.39. The van der Waals surface area contributed by atoms with E-state index in [9.17, 15) is 0 Å². The van der Waals surface area contributed by atoms with Gasteiger partial charge in [-0.2, -0.15) is 0 Å². The molecule has 0 unspecified atom stereocenters. The van der Waals surface area contributed by atoms with E-state index in [0.717, 1.165) is 22.6 Å². The number of methoxy groups -OCH3 is 1. The molecule has 0 spiro atoms. The van der Waals surface area contributed by atoms with Crippen LogP contribution in [0.15, 0.2) is 23.1 Å². The van der Waals surface area contributed by atoms with Crippen molar-refractivity contribution in [2.24, 2.45) is 0 Å². The van der Waals surface area contributed by atoms with Crippen molar-refractivity contribution >= 4 is 27.5 Å². The minimum absolute atomic E-state index is 0.680. The molecule has 2 aromatic rings. The van der Waals surface area contributed by atoms with E-state index in [4.69, 9.17) is 16.3 Å². The Morgan fingerprint density at radius 2 is 2.19 bits per heavy atom. The van der Waals surface area contributed by atoms with Crippen molar-refractivity contribution < 1.29 is 4.74 Å². The summed E-state index contributed by atoms with van der Waals surface area (Å²) in [5, 5.41) is 0.680. The van der Waals surface area contributed by atoms with Gasteiger partial charge < -0.3 is 9.72 Å². The summed E-state index contributed by atoms with van der Waals surface area (Å²) < 4.78 is 6.06. The Hall–Kier alpha value is -1.00. The molecule has 84 valence electrons. The first-order valence-electron chi connectivity index (χ1n) is 4.67. The molecule has 0 fully saturated rings. The Bertz CT molecular complexity index is 525. The molecule has 2 rings (SSSR count). The maximum absolute atomic E-state index is 6.03. The van der Waals surface area contributed by atoms with Crippen LogP contribution in [-0.4, -0.2) is 17.1 Å². The number of ether oxygens (including phenoxy) is 1. The molecule has 1 aromatic heterocycles. The molecular formula is C11H10BrClN2O. The molecule has 1 heterocycles. The SMILES string of the molecule is COc1c(C)cc(Cl)cc1-c1cnc(Br)[nH]1. The molecule has 1 N–H and O–H groups in total. The highest BCUT2D eigenvalue weighted by atomic mass is 79.9. The zero-order valence-electron chi connectivity index (χ0n) is 8.84. The highest BCUT2D eigenvalue weighted by Crippen LogP contribution is 2.35. The summed E-state index contributed by atoms with van der Waals surface area (Å²) in [6.45, 7) is 1.96. The number of nitrogens with zero attached hydrogens (tertiary/aromatic N) is 1. The lowest BCUT2D eigenvalue weighted by atomic mass is 10.1. The van der Waals surface area contributed by atoms with Crippen LogP contribution in [0.25, 0.3) is 11.3 Å². The van der Waals surface area contributed by atoms with Gasteiger partial charge in [0, 0.05) is 10.6 Å². The van der Waals surface area contributed by atoms with Gasteiger partial charge in [-0.1, -0.05) is 11.6 Å². The van der Waals surface area contributed by atoms with Gasteiger partial charge in [0.1, 0.15) is 5.75 Å². The Morgan fingerprint density at radius 1 is 1.44 bits per heavy atom. The third-order valence-electron chi connectivity index (χ3n) is 2.28. The van der Waals surface area contributed by atoms with Crippen molar-refractivity contribution in [1.29, 1.82) is 0 Å². The van der Waals surface area contributed by atoms with Crippen molar-refractivity contribution in [3.63, 3.8) is 0 Å². The first-order valence-corrected chi connectivity index (χ1v) is 5.84. The van der Waals surface area contributed by atoms with E-state index in [1.54, 1.807) is 13.3 Å². The molecule has 3 nitrogen and oxygen atoms in total. The monoisotopic (exact) mass is 300 g/mol. The van der Waals surface area contributed by atoms with E-state index < -0.39 is 0 Å². The van der Waals surface area contributed by atoms with Gasteiger partial charge in [0.05, 0.1) is 19.0 Å². The van der Waals surface area contributed by atoms with Crippen LogP contribution in [0.2, 0.25) is 5.02 Å². The zero-order chi connectivity index (χ0) is 11.7. The van der Waals surface area contributed by atoms with Crippen molar-refractivity contribution in [2.75, 3.05) is 7.11 Å². The lowest BCUT2D eigenvalue weighted by Gasteiger charge is -2.10. The van der Waals surface area contributed by atoms with Crippen molar-refractivity contribution in [1.82, 2.24) is 9.97 Å². The number of benzene rings is 1. The lowest BCUT2D eigenvalue weighted by molar-refractivity contribution is 0.413. The maximum Gasteiger partial charge on any atom is 0.174 e. The average molecular weight is 302 g/mol. The molecule has 0 aliphatic rings. The van der Waals surface area contributed by atoms with Gasteiger partial charge in [0.25, 0.3) is 0 Å². The predicted molar refractivity (Wildman–Crippen MR) is 68.0 cm³/mol. The molecule has 0 radical (unpaired) electrons. The van der Waals surface area contributed by atoms with Crippen molar-refractivity contribution in [2.45, 2.75) is 6.92 Å². The van der Waals surface area contributed by atoms with E-state index in [1.165, 1.54) is 0 Å². The Balaban J connectivity index is 2.63. The molecule has 0 aliphatic heterocycles. The molecule has 0 saturated heterocycles. The first-order chi connectivity index (χ1) is 7.61. The van der Waals surface area contributed by atoms with Crippen LogP contribution in [0.1, 0.15) is 5.56 Å². The summed E-state index contributed by atoms with van der Waals surface area (Å²) in [5.74, 6) is 0.806. The van der Waals surface area contributed by atoms with Gasteiger partial charge in [-0.25, -0.2) is 4.98 Å². The maximum atomic E-state index is 6.03. The van der Waals surface area contributed by atoms with Crippen LogP contribution in [-0.2, 0) is 0 Å². The number of hydrogen-bond acceptors (Lipinski definition) is 2. The van der Waals surface area contributed by atoms with E-state index >= 15 is 0 Å². The van der Waals surface area contributed by atoms with Crippen LogP contribution in [0.4, 0.5) is 0 Å². The summed E-state index contributed by atoms with van der Waals surface area (Å²) in [4.78, 5) is 7.18. The van der Waals surface area contributed by atoms with E-state index in [0.29, 0.717) is 9.76 Å². The number of hydrogen-bond donors (Lipinski definition) is 1. The smallest absolute Gasteiger partial charge is 0.174 e. The Morgan fingerprint density at radius 3 is 2.75 bits per heavy atom. The molecule has 16 heavy (non-hydrogen) atoms. The minimum Gasteiger partial charge on any atom is -0.496 e. The number of aromatic nitrogens is 2. The van der Waals surface area contributed by atoms with Crippen LogP contribution >= 0.6 is 27.5 Å². The van der Waals surface area contributed by atoms with Gasteiger partial charge in [-0.3, -0.25) is 0 Å². The molecule has 0 atom stereocenters. The average Bonchev–Trinajstić information content (AvgIpc) is 2.63. The third-order valence-corrected chi connectivity index (χ3v) is 2.90. The molecule has 0 amide bonds. The normalized spacial score (nSPS) is 10.5. The molecule has 0 saturated carbocycles. The fourth-order valence-corrected chi connectivity index (χ4v) is 2.22. The van der Waals surface area contributed by atoms with Gasteiger partial charge in [0.15, 0.2) is 4.73 Å². The number of aromatic amines is 1. The number of halogens is 2. The number of imidazole rings is 1. The van der Waals surface area contributed by atoms with Crippen molar-refractivity contribution in [3.05, 3.63) is 33.6 Å². The fourth-order valence-electron chi connectivity index (χ4n) is 1.63. The highest BCUT2D eigenvalue weighted by molar-refractivity contribution is 9.10. The zero-order valence-corrected chi connectivity index (χ0v) is 11.2. The fraction of sp³-hybridized carbons (Fsp3) is 0.182. The topological polar surface area (TPSA) is 37.9 Å². The number of H-pyrrole nitrogens is 1. The number of aryl methyl sites for hydroxylation is 1. The minimum atomic E-state index is 0.680. The van der Waals surface area contributed by atoms with Gasteiger partial charge >= 0.3 is 0 Å². The van der Waals surface area contributed by atoms with E-state index in [-0.39, 0.29) is 0 Å². The summed E-state index contributed by atoms with van der Waals surface area (Å²) in [6, 6.07) is 3.72. The predicted octanol–water partition coefficient (Wildman–Crippen LogP) is 3.81. The summed E-state index contributed by atoms with van der Waals surface area (Å²) in [7, 11) is 1.64. The lowest BCUT2D eigenvalue weighted by Crippen LogP contribution is -1.91. The van der Waals surface area contributed by atoms with Crippen LogP contribution in [0.5, 0.6) is 5.75 Å². The quantitative estimate of drug-likeness (QED) is 0.916. The summed E-state index contributed by atoms with van der Waals surface area (Å²) in [5.41, 5.74) is 2.77. The second-order valence-corrected chi connectivity index (χ2v) is 4.58. The second kappa shape index (κ2) is 4.47. The Kier molecular flexibility index (Phi) is 3.21. The standard InChI is InChI=1S/C11H10BrClN2O/c1-6-3-7(13)4-8(10(6)16-2)9-5-14-11(12)15-9/h3-5H,1-2H3,(H,14,15). The Labute approximate surface area is 107 Å². The van der Waals surface area contributed by atoms with E-state index in [1.807, 2.05) is 19.1 Å².